The number of piperidine rings is 1. The number of para-hydroxylation sites is 1. The molecule has 1 heterocycles. The number of aliphatic imine (C=N–C) groups is 1. The molecule has 1 aliphatic rings. The number of likely N-dealkylation sites (tertiary alicyclic amines) is 1. The minimum atomic E-state index is -4.71. The third-order valence-electron chi connectivity index (χ3n) is 7.38. The number of halogens is 4. The minimum absolute atomic E-state index is 0.0693. The number of carbonyl (C=O) groups is 2. The zero-order valence-electron chi connectivity index (χ0n) is 24.8. The summed E-state index contributed by atoms with van der Waals surface area (Å²) in [4.78, 5) is 35.1. The van der Waals surface area contributed by atoms with E-state index in [0.717, 1.165) is 12.1 Å². The Bertz CT molecular complexity index is 1650. The molecular weight excluding hydrogens is 604 g/mol. The Balaban J connectivity index is 1.93. The molecule has 0 bridgehead atoms. The molecule has 1 aliphatic heterocycles. The second-order valence-corrected chi connectivity index (χ2v) is 10.5. The Morgan fingerprint density at radius 2 is 1.80 bits per heavy atom. The number of alkyl halides is 3. The Morgan fingerprint density at radius 3 is 2.41 bits per heavy atom. The van der Waals surface area contributed by atoms with E-state index < -0.39 is 41.3 Å². The van der Waals surface area contributed by atoms with Gasteiger partial charge in [-0.3, -0.25) is 14.5 Å². The number of nitrogens with one attached hydrogen (secondary N) is 1. The number of amidine groups is 1. The van der Waals surface area contributed by atoms with E-state index in [-0.39, 0.29) is 55.3 Å². The van der Waals surface area contributed by atoms with Crippen molar-refractivity contribution in [1.82, 2.24) is 15.1 Å². The molecule has 2 amide bonds. The first-order valence-corrected chi connectivity index (χ1v) is 14.4. The van der Waals surface area contributed by atoms with E-state index in [1.165, 1.54) is 40.1 Å². The van der Waals surface area contributed by atoms with Crippen LogP contribution in [-0.2, 0) is 11.0 Å². The van der Waals surface area contributed by atoms with Gasteiger partial charge in [0.2, 0.25) is 0 Å². The number of nitrogens with two attached hydrogens (primary N) is 1. The summed E-state index contributed by atoms with van der Waals surface area (Å²) in [6, 6.07) is 16.2. The lowest BCUT2D eigenvalue weighted by Crippen LogP contribution is -2.59. The predicted octanol–water partition coefficient (Wildman–Crippen LogP) is 4.70. The van der Waals surface area contributed by atoms with Crippen molar-refractivity contribution in [1.29, 1.82) is 5.26 Å². The molecular formula is C33H32F4N6O3. The summed E-state index contributed by atoms with van der Waals surface area (Å²) in [7, 11) is 0. The molecule has 2 unspecified atom stereocenters. The molecule has 9 nitrogen and oxygen atoms in total. The van der Waals surface area contributed by atoms with Gasteiger partial charge in [-0.25, -0.2) is 9.38 Å². The van der Waals surface area contributed by atoms with Gasteiger partial charge in [0.25, 0.3) is 11.8 Å². The highest BCUT2D eigenvalue weighted by Gasteiger charge is 2.46. The van der Waals surface area contributed by atoms with Crippen LogP contribution < -0.4 is 11.1 Å². The fraction of sp³-hybridized carbons (Fsp3) is 0.273. The molecule has 0 aromatic heterocycles. The van der Waals surface area contributed by atoms with Crippen molar-refractivity contribution in [2.75, 3.05) is 26.2 Å². The van der Waals surface area contributed by atoms with Crippen molar-refractivity contribution in [2.45, 2.75) is 31.5 Å². The molecule has 1 fully saturated rings. The van der Waals surface area contributed by atoms with Crippen LogP contribution in [0.3, 0.4) is 0 Å². The molecule has 3 aromatic carbocycles. The summed E-state index contributed by atoms with van der Waals surface area (Å²) in [5, 5.41) is 21.7. The SMILES string of the molecule is CCN1C(=O)C(NC(=O)c2cccc(C(F)(F)F)c2)C(c2ccc(F)cc2)/C(=C(/N)CN(C#N)CCCO)C1=Nc1ccccc1. The number of hydrogen-bond donors (Lipinski definition) is 3. The van der Waals surface area contributed by atoms with E-state index in [9.17, 15) is 37.5 Å². The van der Waals surface area contributed by atoms with Crippen LogP contribution in [0.1, 0.15) is 40.7 Å². The summed E-state index contributed by atoms with van der Waals surface area (Å²) in [5.41, 5.74) is 6.55. The maximum Gasteiger partial charge on any atom is 0.416 e. The summed E-state index contributed by atoms with van der Waals surface area (Å²) >= 11 is 0. The first-order valence-electron chi connectivity index (χ1n) is 14.4. The normalized spacial score (nSPS) is 18.7. The van der Waals surface area contributed by atoms with Gasteiger partial charge >= 0.3 is 6.18 Å². The van der Waals surface area contributed by atoms with Crippen molar-refractivity contribution < 1.29 is 32.3 Å². The summed E-state index contributed by atoms with van der Waals surface area (Å²) in [6.07, 6.45) is -2.40. The quantitative estimate of drug-likeness (QED) is 0.168. The molecule has 3 aromatic rings. The Kier molecular flexibility index (Phi) is 10.8. The fourth-order valence-corrected chi connectivity index (χ4v) is 5.21. The first-order chi connectivity index (χ1) is 22.0. The van der Waals surface area contributed by atoms with Crippen LogP contribution >= 0.6 is 0 Å². The molecule has 0 spiro atoms. The molecule has 0 radical (unpaired) electrons. The maximum absolute atomic E-state index is 14.2. The minimum Gasteiger partial charge on any atom is -0.400 e. The predicted molar refractivity (Wildman–Crippen MR) is 163 cm³/mol. The van der Waals surface area contributed by atoms with Crippen LogP contribution in [0.5, 0.6) is 0 Å². The second kappa shape index (κ2) is 14.7. The van der Waals surface area contributed by atoms with Gasteiger partial charge in [-0.15, -0.1) is 0 Å². The molecule has 46 heavy (non-hydrogen) atoms. The lowest BCUT2D eigenvalue weighted by atomic mass is 9.78. The molecule has 0 saturated carbocycles. The van der Waals surface area contributed by atoms with Gasteiger partial charge in [-0.2, -0.15) is 18.4 Å². The number of aliphatic hydroxyl groups is 1. The van der Waals surface area contributed by atoms with Crippen LogP contribution in [-0.4, -0.2) is 64.8 Å². The van der Waals surface area contributed by atoms with E-state index in [1.807, 2.05) is 6.19 Å². The van der Waals surface area contributed by atoms with Gasteiger partial charge in [0.05, 0.1) is 17.8 Å². The van der Waals surface area contributed by atoms with Crippen LogP contribution in [0.2, 0.25) is 0 Å². The molecule has 4 N–H and O–H groups in total. The number of benzene rings is 3. The van der Waals surface area contributed by atoms with Crippen molar-refractivity contribution in [2.24, 2.45) is 10.7 Å². The second-order valence-electron chi connectivity index (χ2n) is 10.5. The first kappa shape index (κ1) is 33.7. The average Bonchev–Trinajstić information content (AvgIpc) is 3.04. The largest absolute Gasteiger partial charge is 0.416 e. The number of nitrogens with zero attached hydrogens (tertiary/aromatic N) is 4. The van der Waals surface area contributed by atoms with Crippen molar-refractivity contribution in [3.05, 3.63) is 113 Å². The van der Waals surface area contributed by atoms with Gasteiger partial charge in [0.15, 0.2) is 6.19 Å². The summed E-state index contributed by atoms with van der Waals surface area (Å²) in [5.74, 6) is -3.10. The highest BCUT2D eigenvalue weighted by molar-refractivity contribution is 6.15. The molecule has 1 saturated heterocycles. The monoisotopic (exact) mass is 636 g/mol. The van der Waals surface area contributed by atoms with E-state index in [1.54, 1.807) is 37.3 Å². The third-order valence-corrected chi connectivity index (χ3v) is 7.38. The van der Waals surface area contributed by atoms with Gasteiger partial charge in [-0.1, -0.05) is 36.4 Å². The Hall–Kier alpha value is -5.22. The zero-order valence-corrected chi connectivity index (χ0v) is 24.8. The Morgan fingerprint density at radius 1 is 1.11 bits per heavy atom. The number of carbonyl (C=O) groups excluding carboxylic acids is 2. The molecule has 0 aliphatic carbocycles. The lowest BCUT2D eigenvalue weighted by molar-refractivity contribution is -0.137. The van der Waals surface area contributed by atoms with E-state index >= 15 is 0 Å². The fourth-order valence-electron chi connectivity index (χ4n) is 5.21. The van der Waals surface area contributed by atoms with E-state index in [2.05, 4.69) is 5.32 Å². The topological polar surface area (TPSA) is 135 Å². The number of nitriles is 1. The average molecular weight is 637 g/mol. The maximum atomic E-state index is 14.2. The van der Waals surface area contributed by atoms with Gasteiger partial charge in [0.1, 0.15) is 17.7 Å². The van der Waals surface area contributed by atoms with Crippen molar-refractivity contribution in [3.63, 3.8) is 0 Å². The zero-order chi connectivity index (χ0) is 33.4. The van der Waals surface area contributed by atoms with Gasteiger partial charge < -0.3 is 21.1 Å². The molecule has 2 atom stereocenters. The smallest absolute Gasteiger partial charge is 0.400 e. The van der Waals surface area contributed by atoms with E-state index in [0.29, 0.717) is 17.3 Å². The summed E-state index contributed by atoms with van der Waals surface area (Å²) < 4.78 is 54.4. The molecule has 4 rings (SSSR count). The van der Waals surface area contributed by atoms with Crippen LogP contribution in [0.4, 0.5) is 23.2 Å². The summed E-state index contributed by atoms with van der Waals surface area (Å²) in [6.45, 7) is 1.60. The van der Waals surface area contributed by atoms with Gasteiger partial charge in [0, 0.05) is 42.4 Å². The highest BCUT2D eigenvalue weighted by Crippen LogP contribution is 2.38. The number of rotatable bonds is 10. The van der Waals surface area contributed by atoms with Crippen LogP contribution in [0.15, 0.2) is 95.1 Å². The number of amides is 2. The third kappa shape index (κ3) is 7.70. The van der Waals surface area contributed by atoms with Crippen LogP contribution in [0, 0.1) is 17.3 Å². The van der Waals surface area contributed by atoms with E-state index in [4.69, 9.17) is 10.7 Å². The van der Waals surface area contributed by atoms with Gasteiger partial charge in [-0.05, 0) is 61.4 Å². The van der Waals surface area contributed by atoms with Crippen molar-refractivity contribution >= 4 is 23.3 Å². The number of likely N-dealkylation sites (N-methyl/N-ethyl adjacent to an activating group) is 1. The lowest BCUT2D eigenvalue weighted by Gasteiger charge is -2.41. The molecule has 13 heteroatoms. The van der Waals surface area contributed by atoms with Crippen LogP contribution in [0.25, 0.3) is 0 Å². The number of aliphatic hydroxyl groups excluding tert-OH is 1. The standard InChI is InChI=1S/C33H32F4N6O3/c1-2-43-30(40-25-10-4-3-5-11-25)28(26(39)19-42(20-38)16-7-17-44)27(21-12-14-24(34)15-13-21)29(32(43)46)41-31(45)22-8-6-9-23(18-22)33(35,36)37/h3-6,8-15,18,27,29,44H,2,7,16-17,19,39H2,1H3,(H,41,45)/b28-26-,40-30?. The highest BCUT2D eigenvalue weighted by atomic mass is 19.4. The number of hydrogen-bond acceptors (Lipinski definition) is 7. The Labute approximate surface area is 263 Å². The molecule has 240 valence electrons. The van der Waals surface area contributed by atoms with Crippen molar-refractivity contribution in [3.8, 4) is 6.19 Å².